The average Bonchev–Trinajstić information content (AvgIpc) is 2.88. The van der Waals surface area contributed by atoms with E-state index < -0.39 is 10.0 Å². The fourth-order valence-corrected chi connectivity index (χ4v) is 4.55. The highest BCUT2D eigenvalue weighted by Crippen LogP contribution is 2.21. The maximum absolute atomic E-state index is 12.1. The number of hydrogen-bond acceptors (Lipinski definition) is 5. The number of sulfonamides is 1. The summed E-state index contributed by atoms with van der Waals surface area (Å²) in [5.74, 6) is 0. The van der Waals surface area contributed by atoms with Crippen molar-refractivity contribution in [3.05, 3.63) is 17.0 Å². The van der Waals surface area contributed by atoms with Crippen LogP contribution in [0.4, 0.5) is 0 Å². The molecule has 0 radical (unpaired) electrons. The minimum absolute atomic E-state index is 0.117. The van der Waals surface area contributed by atoms with Crippen molar-refractivity contribution < 1.29 is 13.2 Å². The molecule has 1 aliphatic rings. The lowest BCUT2D eigenvalue weighted by atomic mass is 10.2. The van der Waals surface area contributed by atoms with E-state index in [9.17, 15) is 8.42 Å². The summed E-state index contributed by atoms with van der Waals surface area (Å²) in [4.78, 5) is 3.29. The number of morpholine rings is 1. The summed E-state index contributed by atoms with van der Waals surface area (Å²) in [5.41, 5.74) is 0. The number of likely N-dealkylation sites (N-methyl/N-ethyl adjacent to an activating group) is 1. The third-order valence-corrected chi connectivity index (χ3v) is 6.53. The highest BCUT2D eigenvalue weighted by atomic mass is 32.2. The minimum atomic E-state index is -3.36. The molecule has 0 amide bonds. The van der Waals surface area contributed by atoms with Crippen molar-refractivity contribution in [2.75, 3.05) is 33.3 Å². The molecule has 0 bridgehead atoms. The monoisotopic (exact) mass is 318 g/mol. The molecule has 1 fully saturated rings. The van der Waals surface area contributed by atoms with Gasteiger partial charge in [0.25, 0.3) is 0 Å². The third-order valence-electron chi connectivity index (χ3n) is 3.35. The van der Waals surface area contributed by atoms with E-state index in [0.717, 1.165) is 31.0 Å². The number of aryl methyl sites for hydroxylation is 1. The Morgan fingerprint density at radius 2 is 2.30 bits per heavy atom. The molecule has 1 aromatic rings. The minimum Gasteiger partial charge on any atom is -0.376 e. The average molecular weight is 318 g/mol. The summed E-state index contributed by atoms with van der Waals surface area (Å²) in [5, 5.41) is 0. The summed E-state index contributed by atoms with van der Waals surface area (Å²) < 4.78 is 32.9. The number of ether oxygens (including phenoxy) is 1. The molecule has 0 aliphatic carbocycles. The summed E-state index contributed by atoms with van der Waals surface area (Å²) in [6, 6.07) is 3.55. The first-order chi connectivity index (χ1) is 9.51. The molecule has 1 N–H and O–H groups in total. The van der Waals surface area contributed by atoms with E-state index in [2.05, 4.69) is 16.7 Å². The van der Waals surface area contributed by atoms with E-state index in [0.29, 0.717) is 17.2 Å². The van der Waals surface area contributed by atoms with Crippen molar-refractivity contribution in [1.29, 1.82) is 0 Å². The Morgan fingerprint density at radius 1 is 1.50 bits per heavy atom. The van der Waals surface area contributed by atoms with Crippen molar-refractivity contribution in [2.45, 2.75) is 30.1 Å². The predicted octanol–water partition coefficient (Wildman–Crippen LogP) is 1.31. The van der Waals surface area contributed by atoms with Gasteiger partial charge in [0, 0.05) is 24.5 Å². The molecule has 0 saturated carbocycles. The molecule has 2 rings (SSSR count). The van der Waals surface area contributed by atoms with Gasteiger partial charge in [-0.15, -0.1) is 11.3 Å². The largest absolute Gasteiger partial charge is 0.376 e. The summed E-state index contributed by atoms with van der Waals surface area (Å²) in [6.45, 7) is 4.96. The van der Waals surface area contributed by atoms with E-state index in [4.69, 9.17) is 4.74 Å². The van der Waals surface area contributed by atoms with Crippen LogP contribution in [0.15, 0.2) is 16.3 Å². The Bertz CT molecular complexity index is 527. The van der Waals surface area contributed by atoms with Gasteiger partial charge >= 0.3 is 0 Å². The van der Waals surface area contributed by atoms with E-state index >= 15 is 0 Å². The maximum atomic E-state index is 12.1. The van der Waals surface area contributed by atoms with Crippen LogP contribution in [0, 0.1) is 0 Å². The quantitative estimate of drug-likeness (QED) is 0.859. The molecule has 1 saturated heterocycles. The van der Waals surface area contributed by atoms with Crippen molar-refractivity contribution in [1.82, 2.24) is 9.62 Å². The predicted molar refractivity (Wildman–Crippen MR) is 80.7 cm³/mol. The standard InChI is InChI=1S/C13H22N2O3S2/c1-3-12-4-5-13(19-12)20(16,17)14-7-6-11-10-15(2)8-9-18-11/h4-5,11,14H,3,6-10H2,1-2H3. The smallest absolute Gasteiger partial charge is 0.250 e. The molecule has 1 atom stereocenters. The van der Waals surface area contributed by atoms with Gasteiger partial charge in [-0.1, -0.05) is 6.92 Å². The van der Waals surface area contributed by atoms with Crippen LogP contribution in [0.5, 0.6) is 0 Å². The first-order valence-electron chi connectivity index (χ1n) is 6.90. The molecule has 114 valence electrons. The molecule has 20 heavy (non-hydrogen) atoms. The maximum Gasteiger partial charge on any atom is 0.250 e. The van der Waals surface area contributed by atoms with Crippen LogP contribution in [-0.2, 0) is 21.2 Å². The van der Waals surface area contributed by atoms with Crippen LogP contribution in [0.1, 0.15) is 18.2 Å². The topological polar surface area (TPSA) is 58.6 Å². The number of nitrogens with zero attached hydrogens (tertiary/aromatic N) is 1. The van der Waals surface area contributed by atoms with Crippen molar-refractivity contribution in [2.24, 2.45) is 0 Å². The number of rotatable bonds is 6. The first-order valence-corrected chi connectivity index (χ1v) is 9.19. The molecule has 0 aromatic carbocycles. The molecular formula is C13H22N2O3S2. The molecule has 2 heterocycles. The molecule has 1 aliphatic heterocycles. The van der Waals surface area contributed by atoms with E-state index in [1.54, 1.807) is 6.07 Å². The Kier molecular flexibility index (Phi) is 5.57. The summed E-state index contributed by atoms with van der Waals surface area (Å²) >= 11 is 1.34. The lowest BCUT2D eigenvalue weighted by Gasteiger charge is -2.30. The molecule has 1 unspecified atom stereocenters. The Balaban J connectivity index is 1.83. The van der Waals surface area contributed by atoms with Gasteiger partial charge in [0.05, 0.1) is 12.7 Å². The van der Waals surface area contributed by atoms with Crippen LogP contribution in [0.2, 0.25) is 0 Å². The van der Waals surface area contributed by atoms with Crippen LogP contribution in [0.3, 0.4) is 0 Å². The Hall–Kier alpha value is -0.470. The highest BCUT2D eigenvalue weighted by Gasteiger charge is 2.20. The molecule has 0 spiro atoms. The lowest BCUT2D eigenvalue weighted by molar-refractivity contribution is -0.0222. The zero-order chi connectivity index (χ0) is 14.6. The Labute approximate surface area is 125 Å². The summed E-state index contributed by atoms with van der Waals surface area (Å²) in [7, 11) is -1.31. The van der Waals surface area contributed by atoms with Crippen molar-refractivity contribution in [3.63, 3.8) is 0 Å². The van der Waals surface area contributed by atoms with E-state index in [1.807, 2.05) is 13.0 Å². The van der Waals surface area contributed by atoms with Crippen LogP contribution >= 0.6 is 11.3 Å². The van der Waals surface area contributed by atoms with Crippen molar-refractivity contribution >= 4 is 21.4 Å². The number of nitrogens with one attached hydrogen (secondary N) is 1. The van der Waals surface area contributed by atoms with E-state index in [1.165, 1.54) is 11.3 Å². The fraction of sp³-hybridized carbons (Fsp3) is 0.692. The lowest BCUT2D eigenvalue weighted by Crippen LogP contribution is -2.41. The Morgan fingerprint density at radius 3 is 2.95 bits per heavy atom. The molecule has 1 aromatic heterocycles. The molecule has 7 heteroatoms. The SMILES string of the molecule is CCc1ccc(S(=O)(=O)NCCC2CN(C)CCO2)s1. The van der Waals surface area contributed by atoms with Crippen LogP contribution in [0.25, 0.3) is 0 Å². The molecular weight excluding hydrogens is 296 g/mol. The number of hydrogen-bond donors (Lipinski definition) is 1. The van der Waals surface area contributed by atoms with Gasteiger partial charge in [-0.25, -0.2) is 13.1 Å². The summed E-state index contributed by atoms with van der Waals surface area (Å²) in [6.07, 6.45) is 1.68. The highest BCUT2D eigenvalue weighted by molar-refractivity contribution is 7.91. The van der Waals surface area contributed by atoms with Gasteiger partial charge in [0.15, 0.2) is 0 Å². The third kappa shape index (κ3) is 4.26. The zero-order valence-corrected chi connectivity index (χ0v) is 13.6. The number of thiophene rings is 1. The second-order valence-corrected chi connectivity index (χ2v) is 8.18. The molecule has 5 nitrogen and oxygen atoms in total. The van der Waals surface area contributed by atoms with Gasteiger partial charge in [-0.3, -0.25) is 0 Å². The van der Waals surface area contributed by atoms with Gasteiger partial charge in [0.1, 0.15) is 4.21 Å². The fourth-order valence-electron chi connectivity index (χ4n) is 2.16. The second-order valence-electron chi connectivity index (χ2n) is 5.02. The van der Waals surface area contributed by atoms with Crippen molar-refractivity contribution in [3.8, 4) is 0 Å². The van der Waals surface area contributed by atoms with Crippen LogP contribution in [-0.4, -0.2) is 52.7 Å². The normalized spacial score (nSPS) is 21.2. The van der Waals surface area contributed by atoms with Crippen LogP contribution < -0.4 is 4.72 Å². The zero-order valence-electron chi connectivity index (χ0n) is 12.0. The second kappa shape index (κ2) is 7.00. The van der Waals surface area contributed by atoms with Gasteiger partial charge in [-0.05, 0) is 32.0 Å². The van der Waals surface area contributed by atoms with Gasteiger partial charge in [0.2, 0.25) is 10.0 Å². The van der Waals surface area contributed by atoms with Gasteiger partial charge < -0.3 is 9.64 Å². The first kappa shape index (κ1) is 15.9. The van der Waals surface area contributed by atoms with E-state index in [-0.39, 0.29) is 6.10 Å². The van der Waals surface area contributed by atoms with Gasteiger partial charge in [-0.2, -0.15) is 0 Å².